The van der Waals surface area contributed by atoms with Crippen molar-refractivity contribution in [1.29, 1.82) is 0 Å². The van der Waals surface area contributed by atoms with Crippen LogP contribution in [0, 0.1) is 17.0 Å². The number of ether oxygens (including phenoxy) is 1. The fraction of sp³-hybridized carbons (Fsp3) is 0.238. The summed E-state index contributed by atoms with van der Waals surface area (Å²) in [5.41, 5.74) is 4.03. The standard InChI is InChI=1S/C21H20N4O3/c1-14-10-20(23-21(22-14)16-4-3-5-18(11-16)25(26)27)24-9-8-15-6-7-19(28-2)12-17(15)13-24/h3-7,10-12H,8-9,13H2,1-2H3. The number of non-ortho nitro benzene ring substituents is 1. The van der Waals surface area contributed by atoms with Gasteiger partial charge in [-0.1, -0.05) is 18.2 Å². The fourth-order valence-corrected chi connectivity index (χ4v) is 3.46. The van der Waals surface area contributed by atoms with Gasteiger partial charge in [0.05, 0.1) is 12.0 Å². The molecule has 0 saturated carbocycles. The van der Waals surface area contributed by atoms with Crippen LogP contribution >= 0.6 is 0 Å². The molecule has 0 atom stereocenters. The molecule has 0 unspecified atom stereocenters. The van der Waals surface area contributed by atoms with E-state index >= 15 is 0 Å². The minimum absolute atomic E-state index is 0.0307. The molecule has 0 N–H and O–H groups in total. The minimum atomic E-state index is -0.408. The number of aromatic nitrogens is 2. The first-order valence-electron chi connectivity index (χ1n) is 9.05. The molecule has 7 heteroatoms. The van der Waals surface area contributed by atoms with Gasteiger partial charge in [-0.2, -0.15) is 0 Å². The van der Waals surface area contributed by atoms with E-state index in [2.05, 4.69) is 22.0 Å². The summed E-state index contributed by atoms with van der Waals surface area (Å²) < 4.78 is 5.35. The number of rotatable bonds is 4. The Morgan fingerprint density at radius 2 is 1.96 bits per heavy atom. The van der Waals surface area contributed by atoms with Gasteiger partial charge in [0, 0.05) is 42.5 Å². The molecule has 0 amide bonds. The van der Waals surface area contributed by atoms with Crippen molar-refractivity contribution in [3.8, 4) is 17.1 Å². The van der Waals surface area contributed by atoms with Crippen molar-refractivity contribution in [2.45, 2.75) is 19.9 Å². The van der Waals surface area contributed by atoms with E-state index < -0.39 is 4.92 Å². The average Bonchev–Trinajstić information content (AvgIpc) is 2.72. The van der Waals surface area contributed by atoms with Gasteiger partial charge < -0.3 is 9.64 Å². The van der Waals surface area contributed by atoms with E-state index in [9.17, 15) is 10.1 Å². The minimum Gasteiger partial charge on any atom is -0.497 e. The topological polar surface area (TPSA) is 81.4 Å². The number of nitrogens with zero attached hydrogens (tertiary/aromatic N) is 4. The number of hydrogen-bond acceptors (Lipinski definition) is 6. The van der Waals surface area contributed by atoms with Crippen molar-refractivity contribution >= 4 is 11.5 Å². The Labute approximate surface area is 162 Å². The lowest BCUT2D eigenvalue weighted by atomic mass is 9.99. The summed E-state index contributed by atoms with van der Waals surface area (Å²) in [7, 11) is 1.67. The molecule has 1 aliphatic rings. The molecule has 0 saturated heterocycles. The van der Waals surface area contributed by atoms with Gasteiger partial charge in [-0.3, -0.25) is 10.1 Å². The Bertz CT molecular complexity index is 1050. The highest BCUT2D eigenvalue weighted by molar-refractivity contribution is 5.61. The fourth-order valence-electron chi connectivity index (χ4n) is 3.46. The molecule has 0 radical (unpaired) electrons. The van der Waals surface area contributed by atoms with Crippen LogP contribution in [0.25, 0.3) is 11.4 Å². The van der Waals surface area contributed by atoms with Crippen molar-refractivity contribution < 1.29 is 9.66 Å². The summed E-state index contributed by atoms with van der Waals surface area (Å²) in [5.74, 6) is 2.16. The Morgan fingerprint density at radius 3 is 2.75 bits per heavy atom. The highest BCUT2D eigenvalue weighted by atomic mass is 16.6. The Balaban J connectivity index is 1.68. The molecule has 0 aliphatic carbocycles. The molecular weight excluding hydrogens is 356 g/mol. The van der Waals surface area contributed by atoms with E-state index in [4.69, 9.17) is 9.72 Å². The summed E-state index contributed by atoms with van der Waals surface area (Å²) in [5, 5.41) is 11.1. The van der Waals surface area contributed by atoms with E-state index in [1.54, 1.807) is 19.2 Å². The van der Waals surface area contributed by atoms with E-state index in [-0.39, 0.29) is 5.69 Å². The van der Waals surface area contributed by atoms with Gasteiger partial charge in [-0.15, -0.1) is 0 Å². The number of hydrogen-bond donors (Lipinski definition) is 0. The second-order valence-corrected chi connectivity index (χ2v) is 6.80. The van der Waals surface area contributed by atoms with Gasteiger partial charge in [0.2, 0.25) is 0 Å². The number of benzene rings is 2. The lowest BCUT2D eigenvalue weighted by Crippen LogP contribution is -2.31. The molecule has 2 aromatic carbocycles. The maximum atomic E-state index is 11.1. The monoisotopic (exact) mass is 376 g/mol. The van der Waals surface area contributed by atoms with Gasteiger partial charge in [0.15, 0.2) is 5.82 Å². The predicted octanol–water partition coefficient (Wildman–Crippen LogP) is 3.93. The number of aryl methyl sites for hydroxylation is 1. The molecule has 1 aromatic heterocycles. The third kappa shape index (κ3) is 3.51. The van der Waals surface area contributed by atoms with Gasteiger partial charge >= 0.3 is 0 Å². The number of anilines is 1. The van der Waals surface area contributed by atoms with Crippen LogP contribution in [0.5, 0.6) is 5.75 Å². The maximum absolute atomic E-state index is 11.1. The van der Waals surface area contributed by atoms with E-state index in [0.717, 1.165) is 36.8 Å². The van der Waals surface area contributed by atoms with Crippen LogP contribution in [0.1, 0.15) is 16.8 Å². The molecular formula is C21H20N4O3. The van der Waals surface area contributed by atoms with Gasteiger partial charge in [0.25, 0.3) is 5.69 Å². The van der Waals surface area contributed by atoms with Crippen LogP contribution in [-0.2, 0) is 13.0 Å². The van der Waals surface area contributed by atoms with E-state index in [1.807, 2.05) is 19.1 Å². The number of nitro benzene ring substituents is 1. The lowest BCUT2D eigenvalue weighted by molar-refractivity contribution is -0.384. The second kappa shape index (κ2) is 7.26. The van der Waals surface area contributed by atoms with Crippen molar-refractivity contribution in [2.24, 2.45) is 0 Å². The third-order valence-electron chi connectivity index (χ3n) is 4.91. The average molecular weight is 376 g/mol. The molecule has 7 nitrogen and oxygen atoms in total. The van der Waals surface area contributed by atoms with Gasteiger partial charge in [-0.05, 0) is 36.6 Å². The smallest absolute Gasteiger partial charge is 0.270 e. The molecule has 3 aromatic rings. The normalized spacial score (nSPS) is 13.1. The van der Waals surface area contributed by atoms with Crippen molar-refractivity contribution in [2.75, 3.05) is 18.6 Å². The van der Waals surface area contributed by atoms with Crippen LogP contribution in [0.15, 0.2) is 48.5 Å². The molecule has 28 heavy (non-hydrogen) atoms. The SMILES string of the molecule is COc1ccc2c(c1)CN(c1cc(C)nc(-c3cccc([N+](=O)[O-])c3)n1)CC2. The predicted molar refractivity (Wildman–Crippen MR) is 107 cm³/mol. The summed E-state index contributed by atoms with van der Waals surface area (Å²) in [6.45, 7) is 3.49. The first-order chi connectivity index (χ1) is 13.5. The molecule has 0 bridgehead atoms. The van der Waals surface area contributed by atoms with Gasteiger partial charge in [-0.25, -0.2) is 9.97 Å². The Hall–Kier alpha value is -3.48. The lowest BCUT2D eigenvalue weighted by Gasteiger charge is -2.30. The zero-order chi connectivity index (χ0) is 19.7. The highest BCUT2D eigenvalue weighted by Gasteiger charge is 2.20. The zero-order valence-electron chi connectivity index (χ0n) is 15.8. The van der Waals surface area contributed by atoms with Crippen LogP contribution < -0.4 is 9.64 Å². The van der Waals surface area contributed by atoms with Crippen molar-refractivity contribution in [3.05, 3.63) is 75.5 Å². The van der Waals surface area contributed by atoms with Crippen LogP contribution in [0.2, 0.25) is 0 Å². The number of fused-ring (bicyclic) bond motifs is 1. The molecule has 0 spiro atoms. The van der Waals surface area contributed by atoms with Gasteiger partial charge in [0.1, 0.15) is 11.6 Å². The summed E-state index contributed by atoms with van der Waals surface area (Å²) in [4.78, 5) is 22.1. The van der Waals surface area contributed by atoms with Crippen molar-refractivity contribution in [3.63, 3.8) is 0 Å². The van der Waals surface area contributed by atoms with E-state index in [0.29, 0.717) is 11.4 Å². The van der Waals surface area contributed by atoms with Crippen molar-refractivity contribution in [1.82, 2.24) is 9.97 Å². The number of methoxy groups -OCH3 is 1. The first-order valence-corrected chi connectivity index (χ1v) is 9.05. The molecule has 0 fully saturated rings. The summed E-state index contributed by atoms with van der Waals surface area (Å²) in [6, 6.07) is 14.5. The highest BCUT2D eigenvalue weighted by Crippen LogP contribution is 2.28. The first kappa shape index (κ1) is 17.9. The van der Waals surface area contributed by atoms with Crippen LogP contribution in [0.4, 0.5) is 11.5 Å². The molecule has 142 valence electrons. The Morgan fingerprint density at radius 1 is 1.11 bits per heavy atom. The van der Waals surface area contributed by atoms with E-state index in [1.165, 1.54) is 23.3 Å². The van der Waals surface area contributed by atoms with Crippen LogP contribution in [-0.4, -0.2) is 28.5 Å². The number of nitro groups is 1. The second-order valence-electron chi connectivity index (χ2n) is 6.80. The molecule has 4 rings (SSSR count). The maximum Gasteiger partial charge on any atom is 0.270 e. The molecule has 1 aliphatic heterocycles. The summed E-state index contributed by atoms with van der Waals surface area (Å²) >= 11 is 0. The summed E-state index contributed by atoms with van der Waals surface area (Å²) in [6.07, 6.45) is 0.925. The molecule has 2 heterocycles. The zero-order valence-corrected chi connectivity index (χ0v) is 15.8. The Kier molecular flexibility index (Phi) is 4.65. The quantitative estimate of drug-likeness (QED) is 0.507. The largest absolute Gasteiger partial charge is 0.497 e. The van der Waals surface area contributed by atoms with Crippen LogP contribution in [0.3, 0.4) is 0 Å². The third-order valence-corrected chi connectivity index (χ3v) is 4.91.